The highest BCUT2D eigenvalue weighted by atomic mass is 32.1. The van der Waals surface area contributed by atoms with Gasteiger partial charge in [0.05, 0.1) is 0 Å². The Balaban J connectivity index is 0.000000814. The zero-order valence-corrected chi connectivity index (χ0v) is 46.7. The highest BCUT2D eigenvalue weighted by molar-refractivity contribution is 7.80. The molecule has 18 heteroatoms. The van der Waals surface area contributed by atoms with Gasteiger partial charge in [-0.2, -0.15) is 0 Å². The maximum absolute atomic E-state index is 11.1. The van der Waals surface area contributed by atoms with Gasteiger partial charge in [0, 0.05) is 92.5 Å². The van der Waals surface area contributed by atoms with E-state index in [9.17, 15) is 9.59 Å². The van der Waals surface area contributed by atoms with E-state index in [0.717, 1.165) is 33.9 Å². The number of thiocarbonyl (C=S) groups is 4. The number of carbonyl (C=O) groups excluding carboxylic acids is 2. The smallest absolute Gasteiger partial charge is 0.325 e. The minimum absolute atomic E-state index is 0. The van der Waals surface area contributed by atoms with Gasteiger partial charge in [-0.25, -0.2) is 9.59 Å². The molecule has 70 heavy (non-hydrogen) atoms. The van der Waals surface area contributed by atoms with Crippen molar-refractivity contribution >= 4 is 81.4 Å². The monoisotopic (exact) mass is 1030 g/mol. The molecule has 0 unspecified atom stereocenters. The van der Waals surface area contributed by atoms with E-state index in [0.29, 0.717) is 67.4 Å². The molecule has 6 aliphatic heterocycles. The van der Waals surface area contributed by atoms with Gasteiger partial charge in [0.1, 0.15) is 0 Å². The molecule has 0 radical (unpaired) electrons. The molecule has 6 aliphatic rings. The van der Waals surface area contributed by atoms with Gasteiger partial charge in [-0.1, -0.05) is 130 Å². The van der Waals surface area contributed by atoms with Crippen molar-refractivity contribution in [1.82, 2.24) is 62.6 Å². The summed E-state index contributed by atoms with van der Waals surface area (Å²) < 4.78 is 0. The van der Waals surface area contributed by atoms with Crippen molar-refractivity contribution in [2.75, 3.05) is 21.1 Å². The van der Waals surface area contributed by atoms with Crippen LogP contribution in [0, 0.1) is 35.5 Å². The normalized spacial score (nSPS) is 17.5. The Morgan fingerprint density at radius 1 is 0.386 bits per heavy atom. The van der Waals surface area contributed by atoms with Crippen LogP contribution in [0.1, 0.15) is 90.5 Å². The molecule has 0 aromatic carbocycles. The van der Waals surface area contributed by atoms with Crippen molar-refractivity contribution in [1.29, 1.82) is 0 Å². The second-order valence-electron chi connectivity index (χ2n) is 18.3. The van der Waals surface area contributed by atoms with E-state index < -0.39 is 0 Å². The Hall–Kier alpha value is -5.82. The van der Waals surface area contributed by atoms with Gasteiger partial charge in [0.2, 0.25) is 0 Å². The van der Waals surface area contributed by atoms with Crippen molar-refractivity contribution in [3.05, 3.63) is 144 Å². The highest BCUT2D eigenvalue weighted by Crippen LogP contribution is 2.23. The second-order valence-corrected chi connectivity index (χ2v) is 19.9. The maximum atomic E-state index is 11.1. The molecule has 0 aromatic heterocycles. The summed E-state index contributed by atoms with van der Waals surface area (Å²) in [4.78, 5) is 27.1. The van der Waals surface area contributed by atoms with Gasteiger partial charge in [-0.05, 0) is 118 Å². The topological polar surface area (TPSA) is 152 Å². The van der Waals surface area contributed by atoms with Crippen LogP contribution in [0.5, 0.6) is 0 Å². The van der Waals surface area contributed by atoms with E-state index >= 15 is 0 Å². The summed E-state index contributed by atoms with van der Waals surface area (Å²) in [6.07, 6.45) is 11.4. The van der Waals surface area contributed by atoms with Crippen LogP contribution in [-0.4, -0.2) is 68.4 Å². The zero-order chi connectivity index (χ0) is 53.2. The van der Waals surface area contributed by atoms with Crippen molar-refractivity contribution in [3.8, 4) is 0 Å². The average molecular weight is 1040 g/mol. The summed E-state index contributed by atoms with van der Waals surface area (Å²) in [6, 6.07) is -0.330. The Morgan fingerprint density at radius 2 is 0.643 bits per heavy atom. The number of rotatable bonds is 6. The molecule has 6 heterocycles. The van der Waals surface area contributed by atoms with E-state index in [-0.39, 0.29) is 19.5 Å². The number of carbonyl (C=O) groups is 2. The van der Waals surface area contributed by atoms with Crippen molar-refractivity contribution < 1.29 is 9.59 Å². The first-order chi connectivity index (χ1) is 31.9. The van der Waals surface area contributed by atoms with Gasteiger partial charge >= 0.3 is 12.1 Å². The molecule has 4 amide bonds. The van der Waals surface area contributed by atoms with Crippen LogP contribution >= 0.6 is 48.9 Å². The molecular formula is C52H82N12O2S4. The molecule has 0 spiro atoms. The van der Waals surface area contributed by atoms with Crippen molar-refractivity contribution in [3.63, 3.8) is 0 Å². The lowest BCUT2D eigenvalue weighted by Crippen LogP contribution is -2.38. The van der Waals surface area contributed by atoms with E-state index in [1.54, 1.807) is 13.2 Å². The van der Waals surface area contributed by atoms with E-state index in [4.69, 9.17) is 48.9 Å². The number of nitrogens with one attached hydrogen (secondary N) is 9. The molecular weight excluding hydrogens is 953 g/mol. The summed E-state index contributed by atoms with van der Waals surface area (Å²) in [7, 11) is 5.60. The minimum Gasteiger partial charge on any atom is -0.339 e. The zero-order valence-electron chi connectivity index (χ0n) is 43.5. The van der Waals surface area contributed by atoms with E-state index in [1.165, 1.54) is 27.2 Å². The number of urea groups is 2. The fourth-order valence-corrected chi connectivity index (χ4v) is 7.08. The summed E-state index contributed by atoms with van der Waals surface area (Å²) in [6.45, 7) is 48.3. The molecule has 0 aliphatic carbocycles. The molecule has 0 saturated carbocycles. The van der Waals surface area contributed by atoms with Gasteiger partial charge in [-0.15, -0.1) is 0 Å². The number of nitrogens with zero attached hydrogens (tertiary/aromatic N) is 3. The number of allylic oxidation sites excluding steroid dienone is 6. The summed E-state index contributed by atoms with van der Waals surface area (Å²) in [5.41, 5.74) is 12.0. The lowest BCUT2D eigenvalue weighted by molar-refractivity contribution is 0.222. The Labute approximate surface area is 442 Å². The fourth-order valence-electron chi connectivity index (χ4n) is 6.37. The van der Waals surface area contributed by atoms with Gasteiger partial charge in [0.15, 0.2) is 20.4 Å². The predicted octanol–water partition coefficient (Wildman–Crippen LogP) is 10.4. The third-order valence-electron chi connectivity index (χ3n) is 10.4. The lowest BCUT2D eigenvalue weighted by Gasteiger charge is -2.28. The van der Waals surface area contributed by atoms with Crippen LogP contribution in [0.25, 0.3) is 0 Å². The summed E-state index contributed by atoms with van der Waals surface area (Å²) in [5, 5.41) is 28.5. The SMILES string of the molecule is C.C=C1NC(=O)N(C)C=C1C(C)C.C=C1NC(=O)NC=C1C(C)C.C=C1NC(=S)N(C)C=C1C(C)C.C=C1NC(=S)N(C)C=C1C(C)C.C=C1NC(=S)NC=C1C(C)C.C=C1NC(=S)NC=C1C(C)C. The largest absolute Gasteiger partial charge is 0.339 e. The van der Waals surface area contributed by atoms with Crippen LogP contribution in [-0.2, 0) is 0 Å². The van der Waals surface area contributed by atoms with Crippen molar-refractivity contribution in [2.24, 2.45) is 35.5 Å². The van der Waals surface area contributed by atoms with Crippen LogP contribution in [0.2, 0.25) is 0 Å². The average Bonchev–Trinajstić information content (AvgIpc) is 3.22. The van der Waals surface area contributed by atoms with Crippen LogP contribution in [0.3, 0.4) is 0 Å². The molecule has 14 nitrogen and oxygen atoms in total. The Morgan fingerprint density at radius 3 is 0.929 bits per heavy atom. The Bertz CT molecular complexity index is 2010. The molecule has 0 fully saturated rings. The van der Waals surface area contributed by atoms with Crippen LogP contribution in [0.15, 0.2) is 144 Å². The molecule has 0 atom stereocenters. The predicted molar refractivity (Wildman–Crippen MR) is 312 cm³/mol. The highest BCUT2D eigenvalue weighted by Gasteiger charge is 2.21. The number of hydrogen-bond donors (Lipinski definition) is 9. The quantitative estimate of drug-likeness (QED) is 0.116. The summed E-state index contributed by atoms with van der Waals surface area (Å²) in [5.74, 6) is 2.69. The number of hydrogen-bond acceptors (Lipinski definition) is 6. The second kappa shape index (κ2) is 30.0. The van der Waals surface area contributed by atoms with E-state index in [2.05, 4.69) is 170 Å². The summed E-state index contributed by atoms with van der Waals surface area (Å²) >= 11 is 19.9. The van der Waals surface area contributed by atoms with Gasteiger partial charge in [0.25, 0.3) is 0 Å². The molecule has 0 bridgehead atoms. The minimum atomic E-state index is -0.209. The van der Waals surface area contributed by atoms with Crippen LogP contribution < -0.4 is 47.9 Å². The molecule has 0 aromatic rings. The van der Waals surface area contributed by atoms with Gasteiger partial charge < -0.3 is 62.6 Å². The lowest BCUT2D eigenvalue weighted by atomic mass is 10.0. The molecule has 9 N–H and O–H groups in total. The van der Waals surface area contributed by atoms with Gasteiger partial charge in [-0.3, -0.25) is 0 Å². The first-order valence-electron chi connectivity index (χ1n) is 22.6. The van der Waals surface area contributed by atoms with E-state index in [1.807, 2.05) is 54.9 Å². The fraction of sp³-hybridized carbons (Fsp3) is 0.423. The Kier molecular flexibility index (Phi) is 27.5. The first kappa shape index (κ1) is 64.2. The first-order valence-corrected chi connectivity index (χ1v) is 24.3. The number of amides is 4. The molecule has 386 valence electrons. The molecule has 6 rings (SSSR count). The third kappa shape index (κ3) is 21.0. The molecule has 0 saturated heterocycles. The third-order valence-corrected chi connectivity index (χ3v) is 11.6. The van der Waals surface area contributed by atoms with Crippen molar-refractivity contribution in [2.45, 2.75) is 90.5 Å². The standard InChI is InChI=1S/C9H14N2O.2C9H14N2S.C8H12N2O.2C8H12N2S.CH4/c3*1-6(2)8-5-11(4)9(12)10-7(8)3;3*1-5(2)7-4-9-8(11)10-6(7)3;/h3*5-6H,3H2,1-2,4H3,(H,10,12);3*4-5H,3H2,1-2H3,(H2,9,10,11);1H4. The van der Waals surface area contributed by atoms with Crippen LogP contribution in [0.4, 0.5) is 9.59 Å². The maximum Gasteiger partial charge on any atom is 0.325 e.